The van der Waals surface area contributed by atoms with Crippen molar-refractivity contribution >= 4 is 23.3 Å². The van der Waals surface area contributed by atoms with Gasteiger partial charge in [-0.1, -0.05) is 0 Å². The number of carbonyl (C=O) groups is 2. The van der Waals surface area contributed by atoms with Gasteiger partial charge in [0.2, 0.25) is 5.91 Å². The van der Waals surface area contributed by atoms with Gasteiger partial charge < -0.3 is 14.4 Å². The van der Waals surface area contributed by atoms with Crippen molar-refractivity contribution in [3.05, 3.63) is 23.8 Å². The summed E-state index contributed by atoms with van der Waals surface area (Å²) in [5, 5.41) is 0. The van der Waals surface area contributed by atoms with Gasteiger partial charge in [0.05, 0.1) is 30.7 Å². The molecule has 1 unspecified atom stereocenters. The first-order valence-corrected chi connectivity index (χ1v) is 7.85. The summed E-state index contributed by atoms with van der Waals surface area (Å²) in [6.45, 7) is 3.36. The van der Waals surface area contributed by atoms with Crippen molar-refractivity contribution in [2.24, 2.45) is 0 Å². The number of hydrogen-bond donors (Lipinski definition) is 0. The highest BCUT2D eigenvalue weighted by molar-refractivity contribution is 6.04. The largest absolute Gasteiger partial charge is 0.465 e. The quantitative estimate of drug-likeness (QED) is 0.796. The summed E-state index contributed by atoms with van der Waals surface area (Å²) in [6, 6.07) is 5.40. The van der Waals surface area contributed by atoms with E-state index < -0.39 is 11.6 Å². The minimum absolute atomic E-state index is 0.0990. The zero-order valence-electron chi connectivity index (χ0n) is 13.8. The van der Waals surface area contributed by atoms with Gasteiger partial charge in [0.1, 0.15) is 5.66 Å². The average Bonchev–Trinajstić information content (AvgIpc) is 2.80. The van der Waals surface area contributed by atoms with Crippen LogP contribution in [0.2, 0.25) is 0 Å². The van der Waals surface area contributed by atoms with E-state index in [-0.39, 0.29) is 5.91 Å². The Balaban J connectivity index is 2.09. The lowest BCUT2D eigenvalue weighted by Gasteiger charge is -2.45. The van der Waals surface area contributed by atoms with Crippen LogP contribution in [0.4, 0.5) is 11.4 Å². The molecule has 1 aromatic rings. The van der Waals surface area contributed by atoms with Crippen LogP contribution in [-0.2, 0) is 14.3 Å². The molecule has 1 saturated heterocycles. The normalized spacial score (nSPS) is 22.8. The maximum absolute atomic E-state index is 12.6. The third kappa shape index (κ3) is 2.37. The van der Waals surface area contributed by atoms with Crippen LogP contribution in [0.1, 0.15) is 36.5 Å². The summed E-state index contributed by atoms with van der Waals surface area (Å²) in [4.78, 5) is 28.4. The number of esters is 1. The zero-order valence-corrected chi connectivity index (χ0v) is 13.8. The van der Waals surface area contributed by atoms with Crippen LogP contribution in [0, 0.1) is 0 Å². The van der Waals surface area contributed by atoms with Crippen molar-refractivity contribution < 1.29 is 19.1 Å². The highest BCUT2D eigenvalue weighted by Gasteiger charge is 2.50. The van der Waals surface area contributed by atoms with E-state index in [1.807, 2.05) is 11.0 Å². The summed E-state index contributed by atoms with van der Waals surface area (Å²) in [5.41, 5.74) is 1.81. The highest BCUT2D eigenvalue weighted by Crippen LogP contribution is 2.49. The molecule has 6 heteroatoms. The third-order valence-corrected chi connectivity index (χ3v) is 4.80. The van der Waals surface area contributed by atoms with E-state index in [0.29, 0.717) is 25.1 Å². The number of fused-ring (bicyclic) bond motifs is 3. The number of benzene rings is 1. The topological polar surface area (TPSA) is 59.1 Å². The Morgan fingerprint density at radius 2 is 2.09 bits per heavy atom. The van der Waals surface area contributed by atoms with E-state index in [1.54, 1.807) is 19.2 Å². The van der Waals surface area contributed by atoms with Gasteiger partial charge in [0.15, 0.2) is 0 Å². The molecule has 1 amide bonds. The minimum Gasteiger partial charge on any atom is -0.465 e. The molecular weight excluding hydrogens is 296 g/mol. The van der Waals surface area contributed by atoms with E-state index in [0.717, 1.165) is 24.2 Å². The van der Waals surface area contributed by atoms with Gasteiger partial charge in [0, 0.05) is 20.1 Å². The van der Waals surface area contributed by atoms with Crippen molar-refractivity contribution in [1.29, 1.82) is 0 Å². The molecule has 2 aliphatic heterocycles. The zero-order chi connectivity index (χ0) is 16.6. The molecule has 3 rings (SSSR count). The first-order valence-electron chi connectivity index (χ1n) is 7.85. The number of anilines is 2. The van der Waals surface area contributed by atoms with E-state index in [4.69, 9.17) is 9.47 Å². The van der Waals surface area contributed by atoms with Crippen LogP contribution in [0.3, 0.4) is 0 Å². The van der Waals surface area contributed by atoms with Crippen molar-refractivity contribution in [1.82, 2.24) is 0 Å². The number of piperidine rings is 1. The highest BCUT2D eigenvalue weighted by atomic mass is 16.5. The van der Waals surface area contributed by atoms with Crippen molar-refractivity contribution in [3.8, 4) is 0 Å². The van der Waals surface area contributed by atoms with Gasteiger partial charge in [0.25, 0.3) is 0 Å². The molecule has 23 heavy (non-hydrogen) atoms. The van der Waals surface area contributed by atoms with E-state index in [1.165, 1.54) is 7.11 Å². The molecule has 1 atom stereocenters. The van der Waals surface area contributed by atoms with Crippen molar-refractivity contribution in [2.75, 3.05) is 37.2 Å². The standard InChI is InChI=1S/C17H22N2O4/c1-17-8-4-5-15(20)19(17)14-11-12(16(21)23-3)6-7-13(14)18(17)9-10-22-2/h6-7,11H,4-5,8-10H2,1-3H3. The number of hydrogen-bond acceptors (Lipinski definition) is 5. The predicted octanol–water partition coefficient (Wildman–Crippen LogP) is 2.17. The molecule has 2 aliphatic rings. The smallest absolute Gasteiger partial charge is 0.337 e. The summed E-state index contributed by atoms with van der Waals surface area (Å²) in [7, 11) is 3.03. The second kappa shape index (κ2) is 5.85. The number of carbonyl (C=O) groups excluding carboxylic acids is 2. The summed E-state index contributed by atoms with van der Waals surface area (Å²) >= 11 is 0. The van der Waals surface area contributed by atoms with Crippen LogP contribution in [0.5, 0.6) is 0 Å². The summed E-state index contributed by atoms with van der Waals surface area (Å²) in [5.74, 6) is -0.295. The molecule has 0 N–H and O–H groups in total. The minimum atomic E-state index is -0.398. The van der Waals surface area contributed by atoms with E-state index in [2.05, 4.69) is 11.8 Å². The molecule has 0 radical (unpaired) electrons. The summed E-state index contributed by atoms with van der Waals surface area (Å²) in [6.07, 6.45) is 2.30. The Kier molecular flexibility index (Phi) is 4.02. The monoisotopic (exact) mass is 318 g/mol. The van der Waals surface area contributed by atoms with Gasteiger partial charge in [-0.3, -0.25) is 9.69 Å². The number of rotatable bonds is 4. The first-order chi connectivity index (χ1) is 11.0. The second-order valence-electron chi connectivity index (χ2n) is 6.14. The van der Waals surface area contributed by atoms with E-state index >= 15 is 0 Å². The van der Waals surface area contributed by atoms with Gasteiger partial charge in [-0.25, -0.2) is 4.79 Å². The van der Waals surface area contributed by atoms with Gasteiger partial charge >= 0.3 is 5.97 Å². The molecule has 2 heterocycles. The molecule has 0 spiro atoms. The lowest BCUT2D eigenvalue weighted by molar-refractivity contribution is -0.121. The van der Waals surface area contributed by atoms with Gasteiger partial charge in [-0.05, 0) is 38.0 Å². The fourth-order valence-corrected chi connectivity index (χ4v) is 3.70. The Labute approximate surface area is 136 Å². The Morgan fingerprint density at radius 3 is 2.78 bits per heavy atom. The lowest BCUT2D eigenvalue weighted by Crippen LogP contribution is -2.59. The molecule has 1 aromatic carbocycles. The molecule has 0 aromatic heterocycles. The maximum atomic E-state index is 12.6. The van der Waals surface area contributed by atoms with Crippen LogP contribution in [-0.4, -0.2) is 44.9 Å². The Hall–Kier alpha value is -2.08. The molecule has 0 aliphatic carbocycles. The van der Waals surface area contributed by atoms with Crippen LogP contribution in [0.15, 0.2) is 18.2 Å². The summed E-state index contributed by atoms with van der Waals surface area (Å²) < 4.78 is 10.0. The Bertz CT molecular complexity index is 645. The molecule has 1 fully saturated rings. The van der Waals surface area contributed by atoms with Crippen molar-refractivity contribution in [3.63, 3.8) is 0 Å². The predicted molar refractivity (Wildman–Crippen MR) is 86.7 cm³/mol. The number of nitrogens with zero attached hydrogens (tertiary/aromatic N) is 2. The van der Waals surface area contributed by atoms with Crippen molar-refractivity contribution in [2.45, 2.75) is 31.8 Å². The number of ether oxygens (including phenoxy) is 2. The molecular formula is C17H22N2O4. The van der Waals surface area contributed by atoms with Gasteiger partial charge in [-0.15, -0.1) is 0 Å². The van der Waals surface area contributed by atoms with Crippen LogP contribution < -0.4 is 9.80 Å². The second-order valence-corrected chi connectivity index (χ2v) is 6.14. The number of methoxy groups -OCH3 is 2. The fourth-order valence-electron chi connectivity index (χ4n) is 3.70. The van der Waals surface area contributed by atoms with Gasteiger partial charge in [-0.2, -0.15) is 0 Å². The Morgan fingerprint density at radius 1 is 1.30 bits per heavy atom. The molecule has 0 bridgehead atoms. The van der Waals surface area contributed by atoms with E-state index in [9.17, 15) is 9.59 Å². The SMILES string of the molecule is COCCN1c2ccc(C(=O)OC)cc2N2C(=O)CCCC12C. The third-order valence-electron chi connectivity index (χ3n) is 4.80. The fraction of sp³-hybridized carbons (Fsp3) is 0.529. The van der Waals surface area contributed by atoms with Crippen LogP contribution >= 0.6 is 0 Å². The van der Waals surface area contributed by atoms with Crippen LogP contribution in [0.25, 0.3) is 0 Å². The molecule has 124 valence electrons. The lowest BCUT2D eigenvalue weighted by atomic mass is 9.96. The number of amides is 1. The first kappa shape index (κ1) is 15.8. The average molecular weight is 318 g/mol. The maximum Gasteiger partial charge on any atom is 0.337 e. The molecule has 0 saturated carbocycles. The molecule has 6 nitrogen and oxygen atoms in total.